The Labute approximate surface area is 117 Å². The van der Waals surface area contributed by atoms with Crippen LogP contribution in [0.1, 0.15) is 0 Å². The van der Waals surface area contributed by atoms with Crippen LogP contribution in [0.3, 0.4) is 0 Å². The monoisotopic (exact) mass is 268 g/mol. The Morgan fingerprint density at radius 3 is 2.16 bits per heavy atom. The first-order chi connectivity index (χ1) is 9.26. The normalized spacial score (nSPS) is 10.6. The van der Waals surface area contributed by atoms with Crippen molar-refractivity contribution in [2.24, 2.45) is 0 Å². The second kappa shape index (κ2) is 4.94. The maximum Gasteiger partial charge on any atom is 0.119 e. The van der Waals surface area contributed by atoms with E-state index in [1.165, 1.54) is 16.3 Å². The molecule has 0 atom stereocenters. The molecule has 0 aromatic heterocycles. The lowest BCUT2D eigenvalue weighted by molar-refractivity contribution is 0.415. The summed E-state index contributed by atoms with van der Waals surface area (Å²) in [5.41, 5.74) is 2.34. The van der Waals surface area contributed by atoms with Crippen molar-refractivity contribution >= 4 is 22.4 Å². The zero-order valence-electron chi connectivity index (χ0n) is 10.6. The van der Waals surface area contributed by atoms with Crippen molar-refractivity contribution in [2.75, 3.05) is 7.11 Å². The summed E-state index contributed by atoms with van der Waals surface area (Å²) >= 11 is 5.92. The molecule has 0 aliphatic carbocycles. The van der Waals surface area contributed by atoms with E-state index < -0.39 is 0 Å². The lowest BCUT2D eigenvalue weighted by atomic mass is 10.0. The highest BCUT2D eigenvalue weighted by atomic mass is 35.5. The molecule has 0 aliphatic rings. The molecular formula is C17H13ClO. The molecule has 0 saturated heterocycles. The van der Waals surface area contributed by atoms with Gasteiger partial charge in [-0.15, -0.1) is 0 Å². The van der Waals surface area contributed by atoms with Gasteiger partial charge in [-0.2, -0.15) is 0 Å². The number of hydrogen-bond acceptors (Lipinski definition) is 1. The second-order valence-electron chi connectivity index (χ2n) is 4.43. The average molecular weight is 269 g/mol. The molecule has 0 bridgehead atoms. The summed E-state index contributed by atoms with van der Waals surface area (Å²) in [6, 6.07) is 20.4. The highest BCUT2D eigenvalue weighted by Gasteiger charge is 2.01. The molecule has 19 heavy (non-hydrogen) atoms. The molecule has 0 fully saturated rings. The Balaban J connectivity index is 2.12. The predicted molar refractivity (Wildman–Crippen MR) is 80.9 cm³/mol. The number of fused-ring (bicyclic) bond motifs is 1. The Hall–Kier alpha value is -1.99. The van der Waals surface area contributed by atoms with Gasteiger partial charge in [0, 0.05) is 5.02 Å². The van der Waals surface area contributed by atoms with Gasteiger partial charge >= 0.3 is 0 Å². The fourth-order valence-corrected chi connectivity index (χ4v) is 2.30. The van der Waals surface area contributed by atoms with Gasteiger partial charge in [0.1, 0.15) is 5.75 Å². The van der Waals surface area contributed by atoms with Gasteiger partial charge in [-0.25, -0.2) is 0 Å². The Bertz CT molecular complexity index is 717. The first-order valence-corrected chi connectivity index (χ1v) is 6.48. The molecule has 3 aromatic carbocycles. The van der Waals surface area contributed by atoms with E-state index in [0.717, 1.165) is 16.3 Å². The van der Waals surface area contributed by atoms with Crippen molar-refractivity contribution < 1.29 is 4.74 Å². The van der Waals surface area contributed by atoms with E-state index in [0.29, 0.717) is 0 Å². The predicted octanol–water partition coefficient (Wildman–Crippen LogP) is 5.17. The van der Waals surface area contributed by atoms with Crippen LogP contribution in [0.2, 0.25) is 5.02 Å². The van der Waals surface area contributed by atoms with Gasteiger partial charge < -0.3 is 4.74 Å². The summed E-state index contributed by atoms with van der Waals surface area (Å²) in [6.07, 6.45) is 0. The van der Waals surface area contributed by atoms with Gasteiger partial charge in [0.15, 0.2) is 0 Å². The number of halogens is 1. The van der Waals surface area contributed by atoms with Gasteiger partial charge in [-0.1, -0.05) is 41.9 Å². The molecule has 3 rings (SSSR count). The average Bonchev–Trinajstić information content (AvgIpc) is 2.47. The van der Waals surface area contributed by atoms with Crippen LogP contribution >= 0.6 is 11.6 Å². The quantitative estimate of drug-likeness (QED) is 0.623. The molecule has 2 heteroatoms. The first-order valence-electron chi connectivity index (χ1n) is 6.10. The maximum absolute atomic E-state index is 5.92. The molecule has 0 aliphatic heterocycles. The topological polar surface area (TPSA) is 9.23 Å². The van der Waals surface area contributed by atoms with Crippen LogP contribution in [0.15, 0.2) is 60.7 Å². The fraction of sp³-hybridized carbons (Fsp3) is 0.0588. The van der Waals surface area contributed by atoms with E-state index >= 15 is 0 Å². The summed E-state index contributed by atoms with van der Waals surface area (Å²) in [6.45, 7) is 0. The van der Waals surface area contributed by atoms with Crippen LogP contribution in [-0.4, -0.2) is 7.11 Å². The van der Waals surface area contributed by atoms with Gasteiger partial charge in [0.25, 0.3) is 0 Å². The van der Waals surface area contributed by atoms with Crippen molar-refractivity contribution in [1.29, 1.82) is 0 Å². The van der Waals surface area contributed by atoms with Crippen LogP contribution in [0.4, 0.5) is 0 Å². The number of hydrogen-bond donors (Lipinski definition) is 0. The molecule has 0 radical (unpaired) electrons. The van der Waals surface area contributed by atoms with Crippen LogP contribution < -0.4 is 4.74 Å². The minimum Gasteiger partial charge on any atom is -0.497 e. The number of benzene rings is 3. The fourth-order valence-electron chi connectivity index (χ4n) is 2.17. The summed E-state index contributed by atoms with van der Waals surface area (Å²) in [7, 11) is 1.68. The Morgan fingerprint density at radius 1 is 0.737 bits per heavy atom. The Morgan fingerprint density at radius 2 is 1.42 bits per heavy atom. The number of ether oxygens (including phenoxy) is 1. The lowest BCUT2D eigenvalue weighted by Gasteiger charge is -2.06. The minimum atomic E-state index is 0.756. The van der Waals surface area contributed by atoms with Crippen LogP contribution in [0, 0.1) is 0 Å². The van der Waals surface area contributed by atoms with Gasteiger partial charge in [-0.3, -0.25) is 0 Å². The molecule has 0 saturated carbocycles. The molecular weight excluding hydrogens is 256 g/mol. The SMILES string of the molecule is COc1ccc2ccc(-c3ccc(Cl)cc3)cc2c1. The number of methoxy groups -OCH3 is 1. The molecule has 0 N–H and O–H groups in total. The third kappa shape index (κ3) is 2.42. The van der Waals surface area contributed by atoms with E-state index in [-0.39, 0.29) is 0 Å². The van der Waals surface area contributed by atoms with Crippen molar-refractivity contribution in [3.05, 3.63) is 65.7 Å². The molecule has 1 nitrogen and oxygen atoms in total. The van der Waals surface area contributed by atoms with Crippen LogP contribution in [0.5, 0.6) is 5.75 Å². The van der Waals surface area contributed by atoms with Gasteiger partial charge in [0.2, 0.25) is 0 Å². The van der Waals surface area contributed by atoms with E-state index in [1.807, 2.05) is 30.3 Å². The smallest absolute Gasteiger partial charge is 0.119 e. The summed E-state index contributed by atoms with van der Waals surface area (Å²) < 4.78 is 5.27. The van der Waals surface area contributed by atoms with Crippen LogP contribution in [0.25, 0.3) is 21.9 Å². The summed E-state index contributed by atoms with van der Waals surface area (Å²) in [4.78, 5) is 0. The molecule has 3 aromatic rings. The molecule has 0 spiro atoms. The summed E-state index contributed by atoms with van der Waals surface area (Å²) in [5.74, 6) is 0.876. The van der Waals surface area contributed by atoms with E-state index in [1.54, 1.807) is 7.11 Å². The van der Waals surface area contributed by atoms with E-state index in [4.69, 9.17) is 16.3 Å². The third-order valence-corrected chi connectivity index (χ3v) is 3.48. The molecule has 0 heterocycles. The Kier molecular flexibility index (Phi) is 3.14. The number of rotatable bonds is 2. The van der Waals surface area contributed by atoms with Crippen molar-refractivity contribution in [2.45, 2.75) is 0 Å². The van der Waals surface area contributed by atoms with Gasteiger partial charge in [-0.05, 0) is 52.2 Å². The maximum atomic E-state index is 5.92. The zero-order valence-corrected chi connectivity index (χ0v) is 11.3. The van der Waals surface area contributed by atoms with E-state index in [2.05, 4.69) is 30.3 Å². The van der Waals surface area contributed by atoms with Crippen LogP contribution in [-0.2, 0) is 0 Å². The largest absolute Gasteiger partial charge is 0.497 e. The molecule has 94 valence electrons. The first kappa shape index (κ1) is 12.1. The molecule has 0 unspecified atom stereocenters. The zero-order chi connectivity index (χ0) is 13.2. The highest BCUT2D eigenvalue weighted by Crippen LogP contribution is 2.27. The third-order valence-electron chi connectivity index (χ3n) is 3.22. The van der Waals surface area contributed by atoms with Crippen molar-refractivity contribution in [3.8, 4) is 16.9 Å². The standard InChI is InChI=1S/C17H13ClO/c1-19-17-9-6-13-2-3-14(10-15(13)11-17)12-4-7-16(18)8-5-12/h2-11H,1H3. The van der Waals surface area contributed by atoms with Gasteiger partial charge in [0.05, 0.1) is 7.11 Å². The lowest BCUT2D eigenvalue weighted by Crippen LogP contribution is -1.83. The van der Waals surface area contributed by atoms with Crippen molar-refractivity contribution in [1.82, 2.24) is 0 Å². The van der Waals surface area contributed by atoms with E-state index in [9.17, 15) is 0 Å². The van der Waals surface area contributed by atoms with Crippen molar-refractivity contribution in [3.63, 3.8) is 0 Å². The minimum absolute atomic E-state index is 0.756. The molecule has 0 amide bonds. The highest BCUT2D eigenvalue weighted by molar-refractivity contribution is 6.30. The second-order valence-corrected chi connectivity index (χ2v) is 4.87. The summed E-state index contributed by atoms with van der Waals surface area (Å²) in [5, 5.41) is 3.14.